The Hall–Kier alpha value is -0.740. The number of carbonyl (C=O) groups is 1. The van der Waals surface area contributed by atoms with Crippen LogP contribution in [0.1, 0.15) is 6.42 Å². The first-order chi connectivity index (χ1) is 7.85. The van der Waals surface area contributed by atoms with Crippen molar-refractivity contribution in [2.24, 2.45) is 5.92 Å². The van der Waals surface area contributed by atoms with Gasteiger partial charge in [0.2, 0.25) is 0 Å². The molecule has 0 aromatic carbocycles. The molecular weight excluding hydrogens is 233 g/mol. The molecule has 0 amide bonds. The molecule has 4 N–H and O–H groups in total. The first-order valence-corrected chi connectivity index (χ1v) is 4.80. The fourth-order valence-corrected chi connectivity index (χ4v) is 2.06. The third kappa shape index (κ3) is 1.51. The summed E-state index contributed by atoms with van der Waals surface area (Å²) in [6.07, 6.45) is -0.782. The summed E-state index contributed by atoms with van der Waals surface area (Å²) < 4.78 is 0. The van der Waals surface area contributed by atoms with Gasteiger partial charge in [0.15, 0.2) is 5.78 Å². The van der Waals surface area contributed by atoms with Crippen LogP contribution >= 0.6 is 0 Å². The molecular formula is C8H7B4NO5. The molecule has 1 rings (SSSR count). The van der Waals surface area contributed by atoms with Crippen LogP contribution in [0.2, 0.25) is 0 Å². The Morgan fingerprint density at radius 2 is 1.39 bits per heavy atom. The fraction of sp³-hybridized carbons (Fsp3) is 0.750. The van der Waals surface area contributed by atoms with Crippen molar-refractivity contribution in [2.45, 2.75) is 28.4 Å². The van der Waals surface area contributed by atoms with Crippen molar-refractivity contribution in [3.63, 3.8) is 0 Å². The second-order valence-corrected chi connectivity index (χ2v) is 4.42. The van der Waals surface area contributed by atoms with E-state index in [1.54, 1.807) is 0 Å². The Kier molecular flexibility index (Phi) is 3.30. The number of aliphatic hydroxyl groups is 4. The van der Waals surface area contributed by atoms with Gasteiger partial charge < -0.3 is 20.4 Å². The summed E-state index contributed by atoms with van der Waals surface area (Å²) >= 11 is 0. The molecule has 1 aliphatic rings. The second-order valence-electron chi connectivity index (χ2n) is 4.42. The average Bonchev–Trinajstić information content (AvgIpc) is 2.21. The standard InChI is InChI=1S/C8H7B4NO5/c9-5(15)4(3(14)1-2-13)6(10,16)8(12,18)7(5,11)17/h4,15-18H,1H2. The van der Waals surface area contributed by atoms with Gasteiger partial charge in [0, 0.05) is 0 Å². The van der Waals surface area contributed by atoms with Crippen LogP contribution in [0.4, 0.5) is 0 Å². The second kappa shape index (κ2) is 3.87. The smallest absolute Gasteiger partial charge is 0.154 e. The predicted molar refractivity (Wildman–Crippen MR) is 61.5 cm³/mol. The van der Waals surface area contributed by atoms with Crippen molar-refractivity contribution in [3.05, 3.63) is 0 Å². The quantitative estimate of drug-likeness (QED) is 0.361. The molecule has 0 bridgehead atoms. The van der Waals surface area contributed by atoms with Gasteiger partial charge >= 0.3 is 0 Å². The number of hydrogen-bond donors (Lipinski definition) is 4. The third-order valence-electron chi connectivity index (χ3n) is 3.26. The molecule has 0 aliphatic heterocycles. The molecule has 0 spiro atoms. The van der Waals surface area contributed by atoms with Gasteiger partial charge in [0.1, 0.15) is 31.4 Å². The molecule has 1 fully saturated rings. The van der Waals surface area contributed by atoms with Crippen molar-refractivity contribution in [1.29, 1.82) is 5.26 Å². The van der Waals surface area contributed by atoms with E-state index in [0.717, 1.165) is 0 Å². The maximum atomic E-state index is 11.6. The van der Waals surface area contributed by atoms with Crippen molar-refractivity contribution in [3.8, 4) is 6.07 Å². The summed E-state index contributed by atoms with van der Waals surface area (Å²) in [5.41, 5.74) is -12.4. The van der Waals surface area contributed by atoms with Crippen LogP contribution in [-0.4, -0.2) is 79.6 Å². The van der Waals surface area contributed by atoms with Crippen LogP contribution < -0.4 is 0 Å². The molecule has 0 heterocycles. The molecule has 6 nitrogen and oxygen atoms in total. The van der Waals surface area contributed by atoms with E-state index < -0.39 is 40.1 Å². The van der Waals surface area contributed by atoms with Crippen LogP contribution in [0, 0.1) is 17.2 Å². The number of nitriles is 1. The van der Waals surface area contributed by atoms with Gasteiger partial charge in [-0.3, -0.25) is 4.79 Å². The number of carbonyl (C=O) groups excluding carboxylic acids is 1. The van der Waals surface area contributed by atoms with Gasteiger partial charge in [-0.1, -0.05) is 0 Å². The number of rotatable bonds is 2. The van der Waals surface area contributed by atoms with Crippen molar-refractivity contribution >= 4 is 37.2 Å². The molecule has 4 atom stereocenters. The minimum absolute atomic E-state index is 0.782. The maximum absolute atomic E-state index is 11.6. The summed E-state index contributed by atoms with van der Waals surface area (Å²) in [5.74, 6) is -3.27. The normalized spacial score (nSPS) is 51.8. The molecule has 0 saturated heterocycles. The zero-order valence-electron chi connectivity index (χ0n) is 9.24. The average molecular weight is 240 g/mol. The fourth-order valence-electron chi connectivity index (χ4n) is 2.06. The van der Waals surface area contributed by atoms with Crippen molar-refractivity contribution in [1.82, 2.24) is 0 Å². The highest BCUT2D eigenvalue weighted by molar-refractivity contribution is 6.38. The lowest BCUT2D eigenvalue weighted by molar-refractivity contribution is -0.134. The van der Waals surface area contributed by atoms with Crippen molar-refractivity contribution in [2.75, 3.05) is 0 Å². The monoisotopic (exact) mass is 241 g/mol. The molecule has 10 heteroatoms. The third-order valence-corrected chi connectivity index (χ3v) is 3.26. The minimum atomic E-state index is -3.17. The summed E-state index contributed by atoms with van der Waals surface area (Å²) in [4.78, 5) is 11.6. The molecule has 8 radical (unpaired) electrons. The zero-order valence-corrected chi connectivity index (χ0v) is 9.24. The van der Waals surface area contributed by atoms with Gasteiger partial charge in [-0.15, -0.1) is 0 Å². The lowest BCUT2D eigenvalue weighted by Crippen LogP contribution is -2.68. The lowest BCUT2D eigenvalue weighted by atomic mass is 9.49. The molecule has 1 saturated carbocycles. The van der Waals surface area contributed by atoms with E-state index in [-0.39, 0.29) is 0 Å². The van der Waals surface area contributed by atoms with Gasteiger partial charge in [0.05, 0.1) is 40.4 Å². The molecule has 18 heavy (non-hydrogen) atoms. The lowest BCUT2D eigenvalue weighted by Gasteiger charge is -2.44. The molecule has 86 valence electrons. The van der Waals surface area contributed by atoms with Crippen LogP contribution in [0.3, 0.4) is 0 Å². The molecule has 4 unspecified atom stereocenters. The van der Waals surface area contributed by atoms with Gasteiger partial charge in [-0.25, -0.2) is 0 Å². The SMILES string of the molecule is [B]C1(O)C(C(=O)CC#N)C([B])(O)C([B])(O)C1([B])O. The number of nitrogens with zero attached hydrogens (tertiary/aromatic N) is 1. The van der Waals surface area contributed by atoms with E-state index in [0.29, 0.717) is 0 Å². The van der Waals surface area contributed by atoms with E-state index in [4.69, 9.17) is 36.6 Å². The van der Waals surface area contributed by atoms with E-state index in [1.807, 2.05) is 0 Å². The molecule has 0 aromatic rings. The Balaban J connectivity index is 3.45. The summed E-state index contributed by atoms with van der Waals surface area (Å²) in [7, 11) is 20.8. The van der Waals surface area contributed by atoms with Crippen LogP contribution in [0.5, 0.6) is 0 Å². The summed E-state index contributed by atoms with van der Waals surface area (Å²) in [5, 5.41) is 47.5. The van der Waals surface area contributed by atoms with Crippen molar-refractivity contribution < 1.29 is 25.2 Å². The first-order valence-electron chi connectivity index (χ1n) is 4.80. The van der Waals surface area contributed by atoms with Gasteiger partial charge in [0.25, 0.3) is 0 Å². The van der Waals surface area contributed by atoms with Crippen LogP contribution in [0.25, 0.3) is 0 Å². The summed E-state index contributed by atoms with van der Waals surface area (Å²) in [6.45, 7) is 0. The van der Waals surface area contributed by atoms with E-state index in [1.165, 1.54) is 6.07 Å². The highest BCUT2D eigenvalue weighted by Crippen LogP contribution is 2.51. The topological polar surface area (TPSA) is 122 Å². The Morgan fingerprint density at radius 3 is 1.67 bits per heavy atom. The Labute approximate surface area is 109 Å². The molecule has 1 aliphatic carbocycles. The highest BCUT2D eigenvalue weighted by Gasteiger charge is 2.74. The summed E-state index contributed by atoms with van der Waals surface area (Å²) in [6, 6.07) is 1.45. The van der Waals surface area contributed by atoms with E-state index in [2.05, 4.69) is 0 Å². The number of Topliss-reactive ketones (excluding diaryl/α,β-unsaturated/α-hetero) is 1. The predicted octanol–water partition coefficient (Wildman–Crippen LogP) is -4.47. The van der Waals surface area contributed by atoms with Gasteiger partial charge in [-0.05, 0) is 0 Å². The van der Waals surface area contributed by atoms with E-state index >= 15 is 0 Å². The minimum Gasteiger partial charge on any atom is -0.397 e. The Bertz CT molecular complexity index is 402. The largest absolute Gasteiger partial charge is 0.397 e. The van der Waals surface area contributed by atoms with E-state index in [9.17, 15) is 25.2 Å². The number of ketones is 1. The van der Waals surface area contributed by atoms with Crippen LogP contribution in [0.15, 0.2) is 0 Å². The first kappa shape index (κ1) is 15.3. The van der Waals surface area contributed by atoms with Gasteiger partial charge in [-0.2, -0.15) is 5.26 Å². The Morgan fingerprint density at radius 1 is 1.06 bits per heavy atom. The highest BCUT2D eigenvalue weighted by atomic mass is 16.4. The maximum Gasteiger partial charge on any atom is 0.154 e. The molecule has 0 aromatic heterocycles. The number of hydrogen-bond acceptors (Lipinski definition) is 6. The van der Waals surface area contributed by atoms with Crippen LogP contribution in [-0.2, 0) is 4.79 Å². The zero-order chi connectivity index (χ0) is 14.6.